The van der Waals surface area contributed by atoms with Crippen LogP contribution in [-0.4, -0.2) is 5.78 Å². The van der Waals surface area contributed by atoms with E-state index in [4.69, 9.17) is 0 Å². The molecule has 0 saturated heterocycles. The van der Waals surface area contributed by atoms with Gasteiger partial charge in [-0.3, -0.25) is 4.79 Å². The van der Waals surface area contributed by atoms with Crippen LogP contribution in [0.4, 0.5) is 0 Å². The average Bonchev–Trinajstić information content (AvgIpc) is 2.25. The zero-order valence-corrected chi connectivity index (χ0v) is 9.33. The molecule has 0 atom stereocenters. The van der Waals surface area contributed by atoms with Crippen molar-refractivity contribution < 1.29 is 4.79 Å². The highest BCUT2D eigenvalue weighted by Gasteiger charge is 1.98. The minimum absolute atomic E-state index is 0.133. The third-order valence-electron chi connectivity index (χ3n) is 2.48. The molecule has 0 aliphatic carbocycles. The largest absolute Gasteiger partial charge is 0.295 e. The predicted octanol–water partition coefficient (Wildman–Crippen LogP) is 3.79. The minimum atomic E-state index is 0.133. The lowest BCUT2D eigenvalue weighted by Crippen LogP contribution is -1.92. The highest BCUT2D eigenvalue weighted by molar-refractivity contribution is 5.93. The maximum atomic E-state index is 11.0. The van der Waals surface area contributed by atoms with Crippen molar-refractivity contribution in [1.29, 1.82) is 0 Å². The molecule has 0 fully saturated rings. The van der Waals surface area contributed by atoms with Crippen LogP contribution in [0.1, 0.15) is 42.1 Å². The Hall–Kier alpha value is -1.37. The third kappa shape index (κ3) is 4.11. The number of carbonyl (C=O) groups excluding carboxylic acids is 1. The molecule has 15 heavy (non-hydrogen) atoms. The van der Waals surface area contributed by atoms with E-state index in [0.29, 0.717) is 0 Å². The summed E-state index contributed by atoms with van der Waals surface area (Å²) in [6, 6.07) is 7.91. The zero-order valence-electron chi connectivity index (χ0n) is 9.33. The Bertz CT molecular complexity index is 322. The van der Waals surface area contributed by atoms with E-state index in [1.165, 1.54) is 18.4 Å². The summed E-state index contributed by atoms with van der Waals surface area (Å²) in [5.41, 5.74) is 2.11. The first-order valence-electron chi connectivity index (χ1n) is 5.45. The van der Waals surface area contributed by atoms with E-state index in [0.717, 1.165) is 18.4 Å². The van der Waals surface area contributed by atoms with E-state index in [2.05, 4.69) is 6.58 Å². The van der Waals surface area contributed by atoms with Crippen molar-refractivity contribution in [2.75, 3.05) is 0 Å². The van der Waals surface area contributed by atoms with Crippen molar-refractivity contribution in [1.82, 2.24) is 0 Å². The normalized spacial score (nSPS) is 9.93. The van der Waals surface area contributed by atoms with E-state index in [1.54, 1.807) is 6.92 Å². The van der Waals surface area contributed by atoms with Gasteiger partial charge in [-0.15, -0.1) is 6.58 Å². The Balaban J connectivity index is 2.42. The highest BCUT2D eigenvalue weighted by atomic mass is 16.1. The van der Waals surface area contributed by atoms with Crippen molar-refractivity contribution >= 4 is 5.78 Å². The summed E-state index contributed by atoms with van der Waals surface area (Å²) in [4.78, 5) is 11.0. The molecule has 0 heterocycles. The van der Waals surface area contributed by atoms with Gasteiger partial charge in [0.25, 0.3) is 0 Å². The molecule has 0 N–H and O–H groups in total. The summed E-state index contributed by atoms with van der Waals surface area (Å²) < 4.78 is 0. The molecule has 80 valence electrons. The quantitative estimate of drug-likeness (QED) is 0.389. The molecule has 1 heteroatoms. The summed E-state index contributed by atoms with van der Waals surface area (Å²) in [5.74, 6) is 0.133. The van der Waals surface area contributed by atoms with E-state index in [-0.39, 0.29) is 5.78 Å². The summed E-state index contributed by atoms with van der Waals surface area (Å²) in [5, 5.41) is 0. The van der Waals surface area contributed by atoms with Crippen molar-refractivity contribution in [3.05, 3.63) is 48.0 Å². The van der Waals surface area contributed by atoms with Crippen molar-refractivity contribution in [2.45, 2.75) is 32.6 Å². The molecular weight excluding hydrogens is 184 g/mol. The van der Waals surface area contributed by atoms with E-state index < -0.39 is 0 Å². The Morgan fingerprint density at radius 3 is 2.47 bits per heavy atom. The molecule has 1 aromatic carbocycles. The van der Waals surface area contributed by atoms with Crippen molar-refractivity contribution in [3.8, 4) is 0 Å². The van der Waals surface area contributed by atoms with Gasteiger partial charge in [-0.1, -0.05) is 30.3 Å². The molecule has 0 aromatic heterocycles. The second-order valence-corrected chi connectivity index (χ2v) is 3.79. The van der Waals surface area contributed by atoms with Gasteiger partial charge < -0.3 is 0 Å². The summed E-state index contributed by atoms with van der Waals surface area (Å²) in [6.07, 6.45) is 6.51. The van der Waals surface area contributed by atoms with Crippen LogP contribution >= 0.6 is 0 Å². The van der Waals surface area contributed by atoms with Gasteiger partial charge in [-0.05, 0) is 38.2 Å². The molecule has 0 aliphatic rings. The Morgan fingerprint density at radius 2 is 1.93 bits per heavy atom. The molecule has 0 unspecified atom stereocenters. The van der Waals surface area contributed by atoms with Crippen molar-refractivity contribution in [3.63, 3.8) is 0 Å². The molecule has 0 radical (unpaired) electrons. The van der Waals surface area contributed by atoms with Crippen LogP contribution in [0.25, 0.3) is 0 Å². The first kappa shape index (κ1) is 11.7. The second-order valence-electron chi connectivity index (χ2n) is 3.79. The Kier molecular flexibility index (Phi) is 4.82. The van der Waals surface area contributed by atoms with Crippen LogP contribution in [0.5, 0.6) is 0 Å². The fourth-order valence-electron chi connectivity index (χ4n) is 1.52. The Morgan fingerprint density at radius 1 is 1.27 bits per heavy atom. The fraction of sp³-hybridized carbons (Fsp3) is 0.357. The molecule has 0 amide bonds. The molecule has 0 aliphatic heterocycles. The number of hydrogen-bond acceptors (Lipinski definition) is 1. The van der Waals surface area contributed by atoms with E-state index >= 15 is 0 Å². The van der Waals surface area contributed by atoms with Crippen molar-refractivity contribution in [2.24, 2.45) is 0 Å². The maximum Gasteiger partial charge on any atom is 0.159 e. The lowest BCUT2D eigenvalue weighted by Gasteiger charge is -2.01. The number of allylic oxidation sites excluding steroid dienone is 1. The molecule has 1 aromatic rings. The molecule has 0 saturated carbocycles. The van der Waals surface area contributed by atoms with Crippen LogP contribution < -0.4 is 0 Å². The van der Waals surface area contributed by atoms with Crippen LogP contribution in [0.2, 0.25) is 0 Å². The average molecular weight is 202 g/mol. The number of benzene rings is 1. The van der Waals surface area contributed by atoms with Crippen LogP contribution in [-0.2, 0) is 6.42 Å². The Labute approximate surface area is 91.8 Å². The number of aryl methyl sites for hydroxylation is 1. The topological polar surface area (TPSA) is 17.1 Å². The van der Waals surface area contributed by atoms with Gasteiger partial charge in [-0.2, -0.15) is 0 Å². The first-order chi connectivity index (χ1) is 7.24. The van der Waals surface area contributed by atoms with Gasteiger partial charge in [0.15, 0.2) is 5.78 Å². The molecule has 0 spiro atoms. The second kappa shape index (κ2) is 6.18. The molecular formula is C14H18O. The highest BCUT2D eigenvalue weighted by Crippen LogP contribution is 2.09. The summed E-state index contributed by atoms with van der Waals surface area (Å²) in [7, 11) is 0. The number of Topliss-reactive ketones (excluding diaryl/α,β-unsaturated/α-hetero) is 1. The zero-order chi connectivity index (χ0) is 11.1. The van der Waals surface area contributed by atoms with Crippen LogP contribution in [0, 0.1) is 0 Å². The van der Waals surface area contributed by atoms with Crippen LogP contribution in [0.3, 0.4) is 0 Å². The smallest absolute Gasteiger partial charge is 0.159 e. The fourth-order valence-corrected chi connectivity index (χ4v) is 1.52. The van der Waals surface area contributed by atoms with Gasteiger partial charge in [0, 0.05) is 5.56 Å². The number of rotatable bonds is 6. The lowest BCUT2D eigenvalue weighted by molar-refractivity contribution is 0.101. The van der Waals surface area contributed by atoms with Gasteiger partial charge in [0.05, 0.1) is 0 Å². The lowest BCUT2D eigenvalue weighted by atomic mass is 10.0. The number of ketones is 1. The maximum absolute atomic E-state index is 11.0. The third-order valence-corrected chi connectivity index (χ3v) is 2.48. The molecule has 1 rings (SSSR count). The van der Waals surface area contributed by atoms with Gasteiger partial charge in [0.1, 0.15) is 0 Å². The number of carbonyl (C=O) groups is 1. The standard InChI is InChI=1S/C14H18O/c1-3-4-5-6-7-13-8-10-14(11-9-13)12(2)15/h3,8-11H,1,4-7H2,2H3. The predicted molar refractivity (Wildman–Crippen MR) is 64.2 cm³/mol. The minimum Gasteiger partial charge on any atom is -0.295 e. The molecule has 0 bridgehead atoms. The van der Waals surface area contributed by atoms with Gasteiger partial charge in [0.2, 0.25) is 0 Å². The van der Waals surface area contributed by atoms with Gasteiger partial charge >= 0.3 is 0 Å². The van der Waals surface area contributed by atoms with E-state index in [9.17, 15) is 4.79 Å². The number of unbranched alkanes of at least 4 members (excludes halogenated alkanes) is 2. The SMILES string of the molecule is C=CCCCCc1ccc(C(C)=O)cc1. The first-order valence-corrected chi connectivity index (χ1v) is 5.45. The monoisotopic (exact) mass is 202 g/mol. The van der Waals surface area contributed by atoms with Gasteiger partial charge in [-0.25, -0.2) is 0 Å². The summed E-state index contributed by atoms with van der Waals surface area (Å²) in [6.45, 7) is 5.30. The number of hydrogen-bond donors (Lipinski definition) is 0. The molecule has 1 nitrogen and oxygen atoms in total. The van der Waals surface area contributed by atoms with Crippen LogP contribution in [0.15, 0.2) is 36.9 Å². The summed E-state index contributed by atoms with van der Waals surface area (Å²) >= 11 is 0. The van der Waals surface area contributed by atoms with E-state index in [1.807, 2.05) is 30.3 Å².